The molecule has 0 bridgehead atoms. The van der Waals surface area contributed by atoms with Crippen molar-refractivity contribution in [3.8, 4) is 5.75 Å². The Morgan fingerprint density at radius 2 is 1.92 bits per heavy atom. The Bertz CT molecular complexity index is 837. The van der Waals surface area contributed by atoms with E-state index in [2.05, 4.69) is 15.9 Å². The lowest BCUT2D eigenvalue weighted by atomic mass is 9.84. The van der Waals surface area contributed by atoms with Crippen molar-refractivity contribution in [2.75, 3.05) is 14.2 Å². The van der Waals surface area contributed by atoms with Gasteiger partial charge in [-0.2, -0.15) is 0 Å². The molecular formula is C20H22BrN3O2. The molecule has 1 atom stereocenters. The fraction of sp³-hybridized carbons (Fsp3) is 0.300. The molecule has 0 saturated carbocycles. The lowest BCUT2D eigenvalue weighted by molar-refractivity contribution is -0.132. The van der Waals surface area contributed by atoms with E-state index in [-0.39, 0.29) is 11.9 Å². The minimum atomic E-state index is -0.593. The summed E-state index contributed by atoms with van der Waals surface area (Å²) in [7, 11) is 3.30. The van der Waals surface area contributed by atoms with Crippen molar-refractivity contribution in [2.24, 2.45) is 0 Å². The average Bonchev–Trinajstić information content (AvgIpc) is 2.64. The van der Waals surface area contributed by atoms with E-state index in [1.54, 1.807) is 14.2 Å². The number of hydrogen-bond acceptors (Lipinski definition) is 3. The van der Waals surface area contributed by atoms with Crippen molar-refractivity contribution < 1.29 is 9.53 Å². The largest absolute Gasteiger partial charge is 0.497 e. The van der Waals surface area contributed by atoms with Crippen LogP contribution >= 0.6 is 15.9 Å². The van der Waals surface area contributed by atoms with Crippen molar-refractivity contribution in [3.63, 3.8) is 0 Å². The van der Waals surface area contributed by atoms with Gasteiger partial charge in [-0.15, -0.1) is 0 Å². The van der Waals surface area contributed by atoms with Crippen LogP contribution in [-0.2, 0) is 16.9 Å². The van der Waals surface area contributed by atoms with Gasteiger partial charge in [-0.3, -0.25) is 15.1 Å². The highest BCUT2D eigenvalue weighted by Crippen LogP contribution is 2.38. The molecule has 0 aliphatic carbocycles. The molecule has 2 aromatic rings. The monoisotopic (exact) mass is 415 g/mol. The normalized spacial score (nSPS) is 20.5. The summed E-state index contributed by atoms with van der Waals surface area (Å²) < 4.78 is 6.18. The molecule has 1 saturated heterocycles. The summed E-state index contributed by atoms with van der Waals surface area (Å²) in [5.41, 5.74) is 1.47. The van der Waals surface area contributed by atoms with Crippen LogP contribution in [0.4, 0.5) is 0 Å². The predicted molar refractivity (Wildman–Crippen MR) is 105 cm³/mol. The van der Waals surface area contributed by atoms with E-state index in [4.69, 9.17) is 10.1 Å². The molecule has 3 rings (SSSR count). The first-order chi connectivity index (χ1) is 12.3. The Morgan fingerprint density at radius 1 is 1.23 bits per heavy atom. The van der Waals surface area contributed by atoms with Crippen molar-refractivity contribution >= 4 is 27.8 Å². The number of nitrogens with one attached hydrogen (secondary N) is 1. The zero-order valence-electron chi connectivity index (χ0n) is 15.1. The highest BCUT2D eigenvalue weighted by atomic mass is 79.9. The van der Waals surface area contributed by atoms with Crippen LogP contribution in [0.5, 0.6) is 5.75 Å². The summed E-state index contributed by atoms with van der Waals surface area (Å²) in [6, 6.07) is 15.8. The Hall–Kier alpha value is -2.34. The molecule has 1 N–H and O–H groups in total. The lowest BCUT2D eigenvalue weighted by Gasteiger charge is -2.49. The molecule has 6 heteroatoms. The van der Waals surface area contributed by atoms with Gasteiger partial charge in [0.05, 0.1) is 19.1 Å². The highest BCUT2D eigenvalue weighted by molar-refractivity contribution is 9.10. The van der Waals surface area contributed by atoms with Crippen LogP contribution in [-0.4, -0.2) is 35.8 Å². The van der Waals surface area contributed by atoms with E-state index in [1.165, 1.54) is 4.90 Å². The van der Waals surface area contributed by atoms with Gasteiger partial charge in [-0.25, -0.2) is 0 Å². The summed E-state index contributed by atoms with van der Waals surface area (Å²) in [5, 5.41) is 8.56. The summed E-state index contributed by atoms with van der Waals surface area (Å²) in [4.78, 5) is 15.9. The van der Waals surface area contributed by atoms with Crippen LogP contribution in [0.1, 0.15) is 24.5 Å². The molecule has 2 aromatic carbocycles. The molecular weight excluding hydrogens is 394 g/mol. The van der Waals surface area contributed by atoms with Crippen LogP contribution in [0.15, 0.2) is 53.0 Å². The number of rotatable bonds is 4. The maximum atomic E-state index is 12.5. The number of nitrogens with zero attached hydrogens (tertiary/aromatic N) is 2. The zero-order valence-corrected chi connectivity index (χ0v) is 16.7. The molecule has 1 aliphatic rings. The first-order valence-corrected chi connectivity index (χ1v) is 9.16. The smallest absolute Gasteiger partial charge is 0.231 e. The molecule has 0 radical (unpaired) electrons. The maximum Gasteiger partial charge on any atom is 0.231 e. The fourth-order valence-corrected chi connectivity index (χ4v) is 3.68. The third-order valence-electron chi connectivity index (χ3n) is 4.98. The number of guanidine groups is 1. The van der Waals surface area contributed by atoms with E-state index in [0.29, 0.717) is 13.0 Å². The van der Waals surface area contributed by atoms with Crippen molar-refractivity contribution in [3.05, 3.63) is 64.1 Å². The SMILES string of the molecule is COc1ccc(CN2C(=N)N(C)C(=O)C[C@@]2(C)c2cccc(Br)c2)cc1. The number of methoxy groups -OCH3 is 1. The number of halogens is 1. The van der Waals surface area contributed by atoms with Gasteiger partial charge in [-0.1, -0.05) is 40.2 Å². The van der Waals surface area contributed by atoms with Crippen LogP contribution in [0.25, 0.3) is 0 Å². The Labute approximate surface area is 162 Å². The van der Waals surface area contributed by atoms with E-state index in [1.807, 2.05) is 60.4 Å². The first-order valence-electron chi connectivity index (χ1n) is 8.37. The van der Waals surface area contributed by atoms with Gasteiger partial charge in [0.2, 0.25) is 11.9 Å². The van der Waals surface area contributed by atoms with Crippen LogP contribution in [0.2, 0.25) is 0 Å². The van der Waals surface area contributed by atoms with Crippen LogP contribution in [0.3, 0.4) is 0 Å². The van der Waals surface area contributed by atoms with E-state index >= 15 is 0 Å². The Kier molecular flexibility index (Phi) is 5.05. The zero-order chi connectivity index (χ0) is 18.9. The van der Waals surface area contributed by atoms with Gasteiger partial charge in [0.1, 0.15) is 5.75 Å². The molecule has 0 unspecified atom stereocenters. The quantitative estimate of drug-likeness (QED) is 0.821. The molecule has 0 spiro atoms. The summed E-state index contributed by atoms with van der Waals surface area (Å²) >= 11 is 3.52. The van der Waals surface area contributed by atoms with Gasteiger partial charge >= 0.3 is 0 Å². The second kappa shape index (κ2) is 7.11. The molecule has 0 aromatic heterocycles. The van der Waals surface area contributed by atoms with Crippen LogP contribution in [0, 0.1) is 5.41 Å². The molecule has 136 valence electrons. The standard InChI is InChI=1S/C20H22BrN3O2/c1-20(15-5-4-6-16(21)11-15)12-18(25)23(2)19(22)24(20)13-14-7-9-17(26-3)10-8-14/h4-11,22H,12-13H2,1-3H3/t20-/m0/s1. The van der Waals surface area contributed by atoms with Crippen molar-refractivity contribution in [2.45, 2.75) is 25.4 Å². The Balaban J connectivity index is 2.01. The number of carbonyl (C=O) groups is 1. The maximum absolute atomic E-state index is 12.5. The first kappa shape index (κ1) is 18.5. The molecule has 1 fully saturated rings. The summed E-state index contributed by atoms with van der Waals surface area (Å²) in [6.45, 7) is 2.56. The van der Waals surface area contributed by atoms with E-state index < -0.39 is 5.54 Å². The minimum Gasteiger partial charge on any atom is -0.497 e. The third kappa shape index (κ3) is 3.33. The number of ether oxygens (including phenoxy) is 1. The third-order valence-corrected chi connectivity index (χ3v) is 5.48. The van der Waals surface area contributed by atoms with Gasteiger partial charge in [0.25, 0.3) is 0 Å². The van der Waals surface area contributed by atoms with Gasteiger partial charge in [-0.05, 0) is 42.3 Å². The molecule has 26 heavy (non-hydrogen) atoms. The summed E-state index contributed by atoms with van der Waals surface area (Å²) in [5.74, 6) is 0.951. The summed E-state index contributed by atoms with van der Waals surface area (Å²) in [6.07, 6.45) is 0.318. The molecule has 5 nitrogen and oxygen atoms in total. The average molecular weight is 416 g/mol. The topological polar surface area (TPSA) is 56.6 Å². The van der Waals surface area contributed by atoms with E-state index in [9.17, 15) is 4.79 Å². The van der Waals surface area contributed by atoms with Crippen molar-refractivity contribution in [1.29, 1.82) is 5.41 Å². The van der Waals surface area contributed by atoms with Gasteiger partial charge in [0, 0.05) is 18.1 Å². The number of hydrogen-bond donors (Lipinski definition) is 1. The molecule has 1 amide bonds. The van der Waals surface area contributed by atoms with Gasteiger partial charge < -0.3 is 9.64 Å². The number of amides is 1. The van der Waals surface area contributed by atoms with E-state index in [0.717, 1.165) is 21.3 Å². The van der Waals surface area contributed by atoms with Gasteiger partial charge in [0.15, 0.2) is 0 Å². The number of benzene rings is 2. The minimum absolute atomic E-state index is 0.0524. The van der Waals surface area contributed by atoms with Crippen molar-refractivity contribution in [1.82, 2.24) is 9.80 Å². The second-order valence-electron chi connectivity index (χ2n) is 6.67. The predicted octanol–water partition coefficient (Wildman–Crippen LogP) is 3.97. The lowest BCUT2D eigenvalue weighted by Crippen LogP contribution is -2.59. The molecule has 1 aliphatic heterocycles. The highest BCUT2D eigenvalue weighted by Gasteiger charge is 2.44. The number of carbonyl (C=O) groups excluding carboxylic acids is 1. The fourth-order valence-electron chi connectivity index (χ4n) is 3.29. The Morgan fingerprint density at radius 3 is 2.54 bits per heavy atom. The molecule has 1 heterocycles. The van der Waals surface area contributed by atoms with Crippen LogP contribution < -0.4 is 4.74 Å². The second-order valence-corrected chi connectivity index (χ2v) is 7.59.